The molecule has 3 N–H and O–H groups in total. The number of nitrogen functional groups attached to an aromatic ring is 1. The van der Waals surface area contributed by atoms with Gasteiger partial charge in [-0.05, 0) is 30.0 Å². The van der Waals surface area contributed by atoms with Crippen molar-refractivity contribution in [3.8, 4) is 17.0 Å². The number of carbonyl (C=O) groups excluding carboxylic acids is 1. The zero-order valence-corrected chi connectivity index (χ0v) is 17.9. The van der Waals surface area contributed by atoms with Gasteiger partial charge < -0.3 is 25.3 Å². The maximum absolute atomic E-state index is 15.3. The first kappa shape index (κ1) is 21.1. The van der Waals surface area contributed by atoms with Gasteiger partial charge in [0, 0.05) is 42.5 Å². The van der Waals surface area contributed by atoms with E-state index in [0.717, 1.165) is 10.5 Å². The highest BCUT2D eigenvalue weighted by molar-refractivity contribution is 5.99. The number of rotatable bonds is 3. The van der Waals surface area contributed by atoms with Crippen molar-refractivity contribution in [2.75, 3.05) is 49.4 Å². The van der Waals surface area contributed by atoms with Crippen LogP contribution in [0.15, 0.2) is 24.5 Å². The molecule has 172 valence electrons. The lowest BCUT2D eigenvalue weighted by Gasteiger charge is -2.33. The number of pyridine rings is 2. The summed E-state index contributed by atoms with van der Waals surface area (Å²) in [6.07, 6.45) is 1.98. The number of fused-ring (bicyclic) bond motifs is 2. The molecule has 0 saturated carbocycles. The highest BCUT2D eigenvalue weighted by Crippen LogP contribution is 2.39. The molecule has 33 heavy (non-hydrogen) atoms. The van der Waals surface area contributed by atoms with Gasteiger partial charge in [-0.2, -0.15) is 4.39 Å². The Morgan fingerprint density at radius 3 is 2.79 bits per heavy atom. The van der Waals surface area contributed by atoms with E-state index >= 15 is 4.39 Å². The summed E-state index contributed by atoms with van der Waals surface area (Å²) in [5, 5.41) is 4.14. The molecule has 1 fully saturated rings. The number of nitrogens with one attached hydrogen (secondary N) is 1. The van der Waals surface area contributed by atoms with Gasteiger partial charge >= 0.3 is 6.09 Å². The van der Waals surface area contributed by atoms with E-state index in [1.165, 1.54) is 19.4 Å². The van der Waals surface area contributed by atoms with Crippen LogP contribution in [-0.4, -0.2) is 55.3 Å². The molecule has 0 radical (unpaired) electrons. The first-order valence-electron chi connectivity index (χ1n) is 10.2. The molecule has 5 rings (SSSR count). The fourth-order valence-electron chi connectivity index (χ4n) is 3.80. The van der Waals surface area contributed by atoms with Gasteiger partial charge in [-0.15, -0.1) is 0 Å². The third kappa shape index (κ3) is 3.54. The molecule has 3 aromatic rings. The molecule has 2 aromatic heterocycles. The predicted octanol–water partition coefficient (Wildman–Crippen LogP) is 3.40. The fourth-order valence-corrected chi connectivity index (χ4v) is 3.80. The number of carbonyl (C=O) groups is 1. The minimum absolute atomic E-state index is 0.0811. The highest BCUT2D eigenvalue weighted by Gasteiger charge is 2.44. The fraction of sp³-hybridized carbons (Fsp3) is 0.318. The Kier molecular flexibility index (Phi) is 4.93. The smallest absolute Gasteiger partial charge is 0.418 e. The van der Waals surface area contributed by atoms with Crippen LogP contribution in [0.4, 0.5) is 30.8 Å². The molecule has 0 spiro atoms. The zero-order chi connectivity index (χ0) is 23.3. The number of amides is 1. The highest BCUT2D eigenvalue weighted by atomic mass is 19.2. The van der Waals surface area contributed by atoms with Crippen LogP contribution in [0.25, 0.3) is 21.9 Å². The van der Waals surface area contributed by atoms with Gasteiger partial charge in [-0.1, -0.05) is 0 Å². The van der Waals surface area contributed by atoms with Crippen molar-refractivity contribution in [2.24, 2.45) is 0 Å². The third-order valence-corrected chi connectivity index (χ3v) is 5.74. The number of hydrogen-bond donors (Lipinski definition) is 2. The van der Waals surface area contributed by atoms with E-state index in [4.69, 9.17) is 19.9 Å². The van der Waals surface area contributed by atoms with E-state index in [-0.39, 0.29) is 30.3 Å². The van der Waals surface area contributed by atoms with Gasteiger partial charge in [0.05, 0.1) is 5.69 Å². The van der Waals surface area contributed by atoms with Crippen LogP contribution in [0.1, 0.15) is 5.56 Å². The summed E-state index contributed by atoms with van der Waals surface area (Å²) >= 11 is 0. The summed E-state index contributed by atoms with van der Waals surface area (Å²) in [5.74, 6) is -2.09. The number of nitrogens with zero attached hydrogens (tertiary/aromatic N) is 3. The van der Waals surface area contributed by atoms with Gasteiger partial charge in [0.1, 0.15) is 31.3 Å². The number of aromatic nitrogens is 2. The summed E-state index contributed by atoms with van der Waals surface area (Å²) < 4.78 is 44.5. The molecule has 2 aliphatic heterocycles. The van der Waals surface area contributed by atoms with Gasteiger partial charge in [-0.25, -0.2) is 19.2 Å². The van der Waals surface area contributed by atoms with Gasteiger partial charge in [0.15, 0.2) is 5.82 Å². The lowest BCUT2D eigenvalue weighted by Crippen LogP contribution is -2.51. The van der Waals surface area contributed by atoms with E-state index in [1.54, 1.807) is 12.1 Å². The number of halogens is 2. The van der Waals surface area contributed by atoms with Crippen LogP contribution < -0.4 is 20.7 Å². The van der Waals surface area contributed by atoms with Crippen molar-refractivity contribution in [3.63, 3.8) is 0 Å². The van der Waals surface area contributed by atoms with Crippen molar-refractivity contribution < 1.29 is 27.8 Å². The first-order valence-corrected chi connectivity index (χ1v) is 10.2. The molecule has 2 aliphatic rings. The van der Waals surface area contributed by atoms with Crippen molar-refractivity contribution in [2.45, 2.75) is 12.8 Å². The molecule has 1 amide bonds. The van der Waals surface area contributed by atoms with Crippen LogP contribution in [0, 0.1) is 12.7 Å². The lowest BCUT2D eigenvalue weighted by atomic mass is 9.97. The topological polar surface area (TPSA) is 112 Å². The van der Waals surface area contributed by atoms with Crippen LogP contribution in [0.2, 0.25) is 0 Å². The Morgan fingerprint density at radius 1 is 1.27 bits per heavy atom. The maximum atomic E-state index is 15.3. The monoisotopic (exact) mass is 457 g/mol. The Hall–Kier alpha value is -3.73. The third-order valence-electron chi connectivity index (χ3n) is 5.74. The molecule has 0 atom stereocenters. The number of ether oxygens (including phenoxy) is 3. The van der Waals surface area contributed by atoms with E-state index in [9.17, 15) is 9.18 Å². The predicted molar refractivity (Wildman–Crippen MR) is 118 cm³/mol. The van der Waals surface area contributed by atoms with Crippen molar-refractivity contribution in [1.29, 1.82) is 0 Å². The molecular formula is C22H21F2N5O4. The van der Waals surface area contributed by atoms with E-state index in [2.05, 4.69) is 15.3 Å². The summed E-state index contributed by atoms with van der Waals surface area (Å²) in [6, 6.07) is 3.17. The quantitative estimate of drug-likeness (QED) is 0.576. The Bertz CT molecular complexity index is 1280. The maximum Gasteiger partial charge on any atom is 0.418 e. The Morgan fingerprint density at radius 2 is 2.06 bits per heavy atom. The van der Waals surface area contributed by atoms with E-state index < -0.39 is 17.8 Å². The standard InChI is InChI=1S/C22H21F2N5O4/c1-11-14(7-28-20-19(11)26-3-4-32-20)13-5-12-6-16(27-8-15(12)18(25)17(13)23)29(2)21(30)33-22(24)9-31-10-22/h5-8,26H,3-4,9-10,25H2,1-2H3. The number of hydrogen-bond acceptors (Lipinski definition) is 8. The molecular weight excluding hydrogens is 436 g/mol. The molecule has 9 nitrogen and oxygen atoms in total. The average Bonchev–Trinajstić information content (AvgIpc) is 2.80. The first-order chi connectivity index (χ1) is 15.8. The summed E-state index contributed by atoms with van der Waals surface area (Å²) in [5.41, 5.74) is 8.28. The molecule has 1 saturated heterocycles. The number of anilines is 3. The number of alkyl halides is 1. The normalized spacial score (nSPS) is 16.2. The van der Waals surface area contributed by atoms with Crippen molar-refractivity contribution in [3.05, 3.63) is 35.9 Å². The molecule has 1 aromatic carbocycles. The second-order valence-electron chi connectivity index (χ2n) is 7.97. The average molecular weight is 457 g/mol. The number of benzene rings is 1. The van der Waals surface area contributed by atoms with E-state index in [1.807, 2.05) is 6.92 Å². The summed E-state index contributed by atoms with van der Waals surface area (Å²) in [6.45, 7) is 2.33. The number of nitrogens with two attached hydrogens (primary N) is 1. The van der Waals surface area contributed by atoms with E-state index in [0.29, 0.717) is 41.1 Å². The Balaban J connectivity index is 1.55. The van der Waals surface area contributed by atoms with Gasteiger partial charge in [0.2, 0.25) is 5.88 Å². The van der Waals surface area contributed by atoms with Gasteiger partial charge in [-0.3, -0.25) is 4.90 Å². The molecule has 4 heterocycles. The van der Waals surface area contributed by atoms with Crippen LogP contribution in [-0.2, 0) is 9.47 Å². The molecule has 11 heteroatoms. The van der Waals surface area contributed by atoms with Crippen molar-refractivity contribution in [1.82, 2.24) is 9.97 Å². The molecule has 0 bridgehead atoms. The Labute approximate surface area is 187 Å². The SMILES string of the molecule is Cc1c(-c2cc3cc(N(C)C(=O)OC4(F)COC4)ncc3c(N)c2F)cnc2c1NCCO2. The lowest BCUT2D eigenvalue weighted by molar-refractivity contribution is -0.249. The zero-order valence-electron chi connectivity index (χ0n) is 17.9. The largest absolute Gasteiger partial charge is 0.474 e. The van der Waals surface area contributed by atoms with Crippen LogP contribution in [0.5, 0.6) is 5.88 Å². The van der Waals surface area contributed by atoms with Crippen molar-refractivity contribution >= 4 is 34.1 Å². The second kappa shape index (κ2) is 7.69. The second-order valence-corrected chi connectivity index (χ2v) is 7.97. The summed E-state index contributed by atoms with van der Waals surface area (Å²) in [7, 11) is 1.40. The molecule has 0 aliphatic carbocycles. The van der Waals surface area contributed by atoms with Gasteiger partial charge in [0.25, 0.3) is 5.85 Å². The van der Waals surface area contributed by atoms with Crippen LogP contribution in [0.3, 0.4) is 0 Å². The summed E-state index contributed by atoms with van der Waals surface area (Å²) in [4.78, 5) is 21.9. The van der Waals surface area contributed by atoms with Crippen LogP contribution >= 0.6 is 0 Å². The minimum Gasteiger partial charge on any atom is -0.474 e. The molecule has 0 unspecified atom stereocenters. The minimum atomic E-state index is -2.14.